The molecule has 138 valence electrons. The third-order valence-corrected chi connectivity index (χ3v) is 3.39. The summed E-state index contributed by atoms with van der Waals surface area (Å²) in [4.78, 5) is 34.4. The molecule has 0 aliphatic carbocycles. The van der Waals surface area contributed by atoms with E-state index in [2.05, 4.69) is 21.3 Å². The smallest absolute Gasteiger partial charge is 0.326 e. The van der Waals surface area contributed by atoms with Crippen LogP contribution in [0.2, 0.25) is 0 Å². The van der Waals surface area contributed by atoms with Gasteiger partial charge in [0.15, 0.2) is 0 Å². The van der Waals surface area contributed by atoms with E-state index < -0.39 is 18.0 Å². The molecule has 0 fully saturated rings. The SMILES string of the molecule is O=C(NCCCl)Nc1ccc(CC(NC(=O)NCCCl)C(=O)O)cc1. The molecule has 0 aliphatic rings. The molecular formula is C15H20Cl2N4O4. The monoisotopic (exact) mass is 390 g/mol. The van der Waals surface area contributed by atoms with Crippen molar-refractivity contribution in [1.29, 1.82) is 0 Å². The molecule has 1 atom stereocenters. The highest BCUT2D eigenvalue weighted by Gasteiger charge is 2.20. The normalized spacial score (nSPS) is 11.3. The number of hydrogen-bond acceptors (Lipinski definition) is 3. The Morgan fingerprint density at radius 2 is 1.52 bits per heavy atom. The topological polar surface area (TPSA) is 120 Å². The molecule has 1 aromatic carbocycles. The number of rotatable bonds is 9. The number of amides is 4. The Bertz CT molecular complexity index is 583. The van der Waals surface area contributed by atoms with E-state index in [-0.39, 0.29) is 24.9 Å². The average molecular weight is 391 g/mol. The van der Waals surface area contributed by atoms with Gasteiger partial charge in [-0.15, -0.1) is 23.2 Å². The molecule has 0 saturated heterocycles. The lowest BCUT2D eigenvalue weighted by atomic mass is 10.1. The zero-order chi connectivity index (χ0) is 18.7. The van der Waals surface area contributed by atoms with Crippen molar-refractivity contribution in [3.05, 3.63) is 29.8 Å². The van der Waals surface area contributed by atoms with Gasteiger partial charge in [-0.3, -0.25) is 0 Å². The predicted molar refractivity (Wildman–Crippen MR) is 96.6 cm³/mol. The summed E-state index contributed by atoms with van der Waals surface area (Å²) in [7, 11) is 0. The van der Waals surface area contributed by atoms with E-state index in [9.17, 15) is 19.5 Å². The fourth-order valence-electron chi connectivity index (χ4n) is 1.87. The lowest BCUT2D eigenvalue weighted by molar-refractivity contribution is -0.139. The number of alkyl halides is 2. The van der Waals surface area contributed by atoms with Crippen LogP contribution < -0.4 is 21.3 Å². The van der Waals surface area contributed by atoms with E-state index in [0.29, 0.717) is 23.7 Å². The van der Waals surface area contributed by atoms with Crippen LogP contribution in [-0.4, -0.2) is 54.0 Å². The first-order valence-corrected chi connectivity index (χ1v) is 8.56. The Labute approximate surface area is 155 Å². The third-order valence-electron chi connectivity index (χ3n) is 3.02. The summed E-state index contributed by atoms with van der Waals surface area (Å²) in [6.07, 6.45) is 0.0996. The van der Waals surface area contributed by atoms with Crippen LogP contribution in [0.15, 0.2) is 24.3 Å². The molecule has 8 nitrogen and oxygen atoms in total. The molecule has 0 aromatic heterocycles. The van der Waals surface area contributed by atoms with Gasteiger partial charge in [0, 0.05) is 37.0 Å². The van der Waals surface area contributed by atoms with E-state index >= 15 is 0 Å². The van der Waals surface area contributed by atoms with Crippen LogP contribution in [0.5, 0.6) is 0 Å². The van der Waals surface area contributed by atoms with Gasteiger partial charge in [0.05, 0.1) is 0 Å². The molecule has 1 rings (SSSR count). The van der Waals surface area contributed by atoms with Gasteiger partial charge in [0.1, 0.15) is 6.04 Å². The highest BCUT2D eigenvalue weighted by atomic mass is 35.5. The van der Waals surface area contributed by atoms with Crippen molar-refractivity contribution in [2.24, 2.45) is 0 Å². The molecular weight excluding hydrogens is 371 g/mol. The first-order valence-electron chi connectivity index (χ1n) is 7.49. The summed E-state index contributed by atoms with van der Waals surface area (Å²) < 4.78 is 0. The van der Waals surface area contributed by atoms with E-state index in [0.717, 1.165) is 0 Å². The van der Waals surface area contributed by atoms with Crippen molar-refractivity contribution < 1.29 is 19.5 Å². The molecule has 0 radical (unpaired) electrons. The molecule has 0 heterocycles. The number of carbonyl (C=O) groups excluding carboxylic acids is 2. The fraction of sp³-hybridized carbons (Fsp3) is 0.400. The fourth-order valence-corrected chi connectivity index (χ4v) is 2.06. The minimum atomic E-state index is -1.15. The molecule has 10 heteroatoms. The van der Waals surface area contributed by atoms with Gasteiger partial charge in [-0.1, -0.05) is 12.1 Å². The Hall–Kier alpha value is -2.19. The molecule has 25 heavy (non-hydrogen) atoms. The van der Waals surface area contributed by atoms with Crippen LogP contribution in [-0.2, 0) is 11.2 Å². The van der Waals surface area contributed by atoms with Crippen LogP contribution in [0.25, 0.3) is 0 Å². The van der Waals surface area contributed by atoms with E-state index in [4.69, 9.17) is 23.2 Å². The first-order chi connectivity index (χ1) is 12.0. The molecule has 4 amide bonds. The van der Waals surface area contributed by atoms with Crippen LogP contribution in [0.4, 0.5) is 15.3 Å². The van der Waals surface area contributed by atoms with Crippen molar-refractivity contribution in [2.45, 2.75) is 12.5 Å². The molecule has 0 aliphatic heterocycles. The summed E-state index contributed by atoms with van der Waals surface area (Å²) >= 11 is 10.9. The number of aliphatic carboxylic acids is 1. The molecule has 0 spiro atoms. The summed E-state index contributed by atoms with van der Waals surface area (Å²) in [6.45, 7) is 0.592. The van der Waals surface area contributed by atoms with Gasteiger partial charge in [0.2, 0.25) is 0 Å². The molecule has 0 saturated carbocycles. The number of nitrogens with one attached hydrogen (secondary N) is 4. The number of hydrogen-bond donors (Lipinski definition) is 5. The van der Waals surface area contributed by atoms with Crippen molar-refractivity contribution in [1.82, 2.24) is 16.0 Å². The quantitative estimate of drug-likeness (QED) is 0.411. The van der Waals surface area contributed by atoms with Crippen LogP contribution in [0, 0.1) is 0 Å². The summed E-state index contributed by atoms with van der Waals surface area (Å²) in [6, 6.07) is 4.57. The number of anilines is 1. The van der Waals surface area contributed by atoms with Gasteiger partial charge in [-0.2, -0.15) is 0 Å². The Morgan fingerprint density at radius 3 is 2.04 bits per heavy atom. The van der Waals surface area contributed by atoms with Crippen molar-refractivity contribution in [3.63, 3.8) is 0 Å². The number of urea groups is 2. The predicted octanol–water partition coefficient (Wildman–Crippen LogP) is 1.58. The number of carboxylic acid groups (broad SMARTS) is 1. The second-order valence-corrected chi connectivity index (χ2v) is 5.71. The summed E-state index contributed by atoms with van der Waals surface area (Å²) in [5, 5.41) is 19.2. The maximum absolute atomic E-state index is 11.6. The van der Waals surface area contributed by atoms with Crippen molar-refractivity contribution in [2.75, 3.05) is 30.2 Å². The minimum Gasteiger partial charge on any atom is -0.480 e. The number of carboxylic acids is 1. The lowest BCUT2D eigenvalue weighted by Crippen LogP contribution is -2.47. The first kappa shape index (κ1) is 20.9. The van der Waals surface area contributed by atoms with Gasteiger partial charge in [-0.05, 0) is 17.7 Å². The number of halogens is 2. The zero-order valence-corrected chi connectivity index (χ0v) is 14.9. The maximum atomic E-state index is 11.6. The lowest BCUT2D eigenvalue weighted by Gasteiger charge is -2.15. The van der Waals surface area contributed by atoms with E-state index in [1.165, 1.54) is 0 Å². The summed E-state index contributed by atoms with van der Waals surface area (Å²) in [5.74, 6) is -0.601. The highest BCUT2D eigenvalue weighted by molar-refractivity contribution is 6.18. The van der Waals surface area contributed by atoms with E-state index in [1.807, 2.05) is 0 Å². The third kappa shape index (κ3) is 8.46. The van der Waals surface area contributed by atoms with Gasteiger partial charge >= 0.3 is 18.0 Å². The van der Waals surface area contributed by atoms with Gasteiger partial charge < -0.3 is 26.4 Å². The van der Waals surface area contributed by atoms with Gasteiger partial charge in [-0.25, -0.2) is 14.4 Å². The molecule has 0 bridgehead atoms. The summed E-state index contributed by atoms with van der Waals surface area (Å²) in [5.41, 5.74) is 1.24. The maximum Gasteiger partial charge on any atom is 0.326 e. The number of benzene rings is 1. The number of carbonyl (C=O) groups is 3. The largest absolute Gasteiger partial charge is 0.480 e. The van der Waals surface area contributed by atoms with Crippen molar-refractivity contribution in [3.8, 4) is 0 Å². The van der Waals surface area contributed by atoms with Gasteiger partial charge in [0.25, 0.3) is 0 Å². The van der Waals surface area contributed by atoms with Crippen LogP contribution in [0.3, 0.4) is 0 Å². The van der Waals surface area contributed by atoms with Crippen molar-refractivity contribution >= 4 is 46.9 Å². The molecule has 1 aromatic rings. The zero-order valence-electron chi connectivity index (χ0n) is 13.4. The van der Waals surface area contributed by atoms with Crippen LogP contribution in [0.1, 0.15) is 5.56 Å². The van der Waals surface area contributed by atoms with Crippen LogP contribution >= 0.6 is 23.2 Å². The standard InChI is InChI=1S/C15H20Cl2N4O4/c16-5-7-18-14(24)20-11-3-1-10(2-4-11)9-12(13(22)23)21-15(25)19-8-6-17/h1-4,12H,5-9H2,(H,22,23)(H2,18,20,24)(H2,19,21,25). The molecule has 5 N–H and O–H groups in total. The highest BCUT2D eigenvalue weighted by Crippen LogP contribution is 2.11. The Balaban J connectivity index is 2.59. The average Bonchev–Trinajstić information content (AvgIpc) is 2.59. The Kier molecular flexibility index (Phi) is 9.49. The second-order valence-electron chi connectivity index (χ2n) is 4.95. The van der Waals surface area contributed by atoms with E-state index in [1.54, 1.807) is 24.3 Å². The Morgan fingerprint density at radius 1 is 0.960 bits per heavy atom. The molecule has 1 unspecified atom stereocenters. The minimum absolute atomic E-state index is 0.0996. The second kappa shape index (κ2) is 11.4.